The minimum absolute atomic E-state index is 0. The summed E-state index contributed by atoms with van der Waals surface area (Å²) in [5, 5.41) is 6.46. The summed E-state index contributed by atoms with van der Waals surface area (Å²) in [7, 11) is 1.72. The minimum Gasteiger partial charge on any atom is -0.366 e. The summed E-state index contributed by atoms with van der Waals surface area (Å²) in [5.74, 6) is 0.302. The van der Waals surface area contributed by atoms with E-state index in [2.05, 4.69) is 36.4 Å². The molecule has 0 aliphatic carbocycles. The number of primary amides is 1. The standard InChI is InChI=1S/C14H22N4O.HI/c1-14(2,3)18-13(16-4)17-9-10-6-5-7-11(8-10)12(15)19;/h5-8H,9H2,1-4H3,(H2,15,19)(H2,16,17,18);1H. The number of guanidine groups is 1. The molecule has 1 amide bonds. The largest absolute Gasteiger partial charge is 0.366 e. The molecular weight excluding hydrogens is 367 g/mol. The summed E-state index contributed by atoms with van der Waals surface area (Å²) in [6, 6.07) is 7.23. The van der Waals surface area contributed by atoms with Gasteiger partial charge < -0.3 is 16.4 Å². The molecule has 0 unspecified atom stereocenters. The molecule has 6 heteroatoms. The summed E-state index contributed by atoms with van der Waals surface area (Å²) >= 11 is 0. The van der Waals surface area contributed by atoms with Gasteiger partial charge in [-0.15, -0.1) is 24.0 Å². The van der Waals surface area contributed by atoms with Crippen molar-refractivity contribution in [3.05, 3.63) is 35.4 Å². The Kier molecular flexibility index (Phi) is 7.55. The van der Waals surface area contributed by atoms with Crippen LogP contribution in [0.5, 0.6) is 0 Å². The van der Waals surface area contributed by atoms with Crippen LogP contribution in [0, 0.1) is 0 Å². The number of hydrogen-bond acceptors (Lipinski definition) is 2. The monoisotopic (exact) mass is 390 g/mol. The first-order valence-corrected chi connectivity index (χ1v) is 6.19. The molecule has 1 aromatic carbocycles. The molecular formula is C14H23IN4O. The number of nitrogens with zero attached hydrogens (tertiary/aromatic N) is 1. The van der Waals surface area contributed by atoms with E-state index in [1.807, 2.05) is 12.1 Å². The zero-order valence-corrected chi connectivity index (χ0v) is 14.7. The van der Waals surface area contributed by atoms with Gasteiger partial charge in [-0.2, -0.15) is 0 Å². The first-order valence-electron chi connectivity index (χ1n) is 6.19. The average molecular weight is 390 g/mol. The van der Waals surface area contributed by atoms with Crippen molar-refractivity contribution in [2.24, 2.45) is 10.7 Å². The number of nitrogens with two attached hydrogens (primary N) is 1. The molecule has 5 nitrogen and oxygen atoms in total. The lowest BCUT2D eigenvalue weighted by Crippen LogP contribution is -2.47. The highest BCUT2D eigenvalue weighted by Crippen LogP contribution is 2.04. The fourth-order valence-corrected chi connectivity index (χ4v) is 1.55. The Morgan fingerprint density at radius 2 is 2.00 bits per heavy atom. The van der Waals surface area contributed by atoms with E-state index in [0.29, 0.717) is 12.1 Å². The number of carbonyl (C=O) groups is 1. The van der Waals surface area contributed by atoms with Crippen LogP contribution < -0.4 is 16.4 Å². The van der Waals surface area contributed by atoms with Gasteiger partial charge in [0.05, 0.1) is 0 Å². The van der Waals surface area contributed by atoms with Gasteiger partial charge in [0, 0.05) is 24.7 Å². The van der Waals surface area contributed by atoms with Gasteiger partial charge in [0.15, 0.2) is 5.96 Å². The Morgan fingerprint density at radius 1 is 1.35 bits per heavy atom. The van der Waals surface area contributed by atoms with Gasteiger partial charge in [-0.25, -0.2) is 0 Å². The molecule has 0 heterocycles. The van der Waals surface area contributed by atoms with Crippen molar-refractivity contribution in [1.29, 1.82) is 0 Å². The number of halogens is 1. The van der Waals surface area contributed by atoms with E-state index in [4.69, 9.17) is 5.73 Å². The molecule has 0 aromatic heterocycles. The molecule has 112 valence electrons. The molecule has 0 aliphatic rings. The number of hydrogen-bond donors (Lipinski definition) is 3. The molecule has 0 radical (unpaired) electrons. The highest BCUT2D eigenvalue weighted by molar-refractivity contribution is 14.0. The van der Waals surface area contributed by atoms with Gasteiger partial charge in [-0.05, 0) is 38.5 Å². The van der Waals surface area contributed by atoms with Crippen LogP contribution in [0.2, 0.25) is 0 Å². The van der Waals surface area contributed by atoms with Crippen LogP contribution >= 0.6 is 24.0 Å². The third-order valence-corrected chi connectivity index (χ3v) is 2.39. The minimum atomic E-state index is -0.418. The smallest absolute Gasteiger partial charge is 0.248 e. The van der Waals surface area contributed by atoms with Crippen LogP contribution in [0.15, 0.2) is 29.3 Å². The number of rotatable bonds is 3. The second-order valence-corrected chi connectivity index (χ2v) is 5.37. The Labute approximate surface area is 137 Å². The maximum atomic E-state index is 11.1. The molecule has 1 aromatic rings. The fourth-order valence-electron chi connectivity index (χ4n) is 1.55. The summed E-state index contributed by atoms with van der Waals surface area (Å²) < 4.78 is 0. The number of benzene rings is 1. The van der Waals surface area contributed by atoms with E-state index in [0.717, 1.165) is 11.5 Å². The van der Waals surface area contributed by atoms with Gasteiger partial charge >= 0.3 is 0 Å². The van der Waals surface area contributed by atoms with Crippen LogP contribution in [0.25, 0.3) is 0 Å². The molecule has 0 spiro atoms. The molecule has 0 bridgehead atoms. The van der Waals surface area contributed by atoms with Gasteiger partial charge in [0.2, 0.25) is 5.91 Å². The Balaban J connectivity index is 0.00000361. The SMILES string of the molecule is CN=C(NCc1cccc(C(N)=O)c1)NC(C)(C)C.I. The van der Waals surface area contributed by atoms with E-state index in [-0.39, 0.29) is 29.5 Å². The molecule has 0 saturated heterocycles. The molecule has 4 N–H and O–H groups in total. The number of nitrogens with one attached hydrogen (secondary N) is 2. The lowest BCUT2D eigenvalue weighted by atomic mass is 10.1. The van der Waals surface area contributed by atoms with Crippen LogP contribution in [-0.2, 0) is 6.54 Å². The first-order chi connectivity index (χ1) is 8.81. The van der Waals surface area contributed by atoms with Crippen molar-refractivity contribution in [2.45, 2.75) is 32.9 Å². The zero-order valence-electron chi connectivity index (χ0n) is 12.4. The molecule has 1 rings (SSSR count). The van der Waals surface area contributed by atoms with Crippen molar-refractivity contribution >= 4 is 35.8 Å². The quantitative estimate of drug-likeness (QED) is 0.419. The van der Waals surface area contributed by atoms with Gasteiger partial charge in [0.25, 0.3) is 0 Å². The van der Waals surface area contributed by atoms with Crippen LogP contribution in [0.3, 0.4) is 0 Å². The Hall–Kier alpha value is -1.31. The van der Waals surface area contributed by atoms with E-state index in [9.17, 15) is 4.79 Å². The maximum absolute atomic E-state index is 11.1. The van der Waals surface area contributed by atoms with E-state index < -0.39 is 5.91 Å². The van der Waals surface area contributed by atoms with Crippen molar-refractivity contribution in [1.82, 2.24) is 10.6 Å². The third kappa shape index (κ3) is 6.74. The normalized spacial score (nSPS) is 11.5. The van der Waals surface area contributed by atoms with Crippen molar-refractivity contribution in [2.75, 3.05) is 7.05 Å². The van der Waals surface area contributed by atoms with Gasteiger partial charge in [-0.3, -0.25) is 9.79 Å². The van der Waals surface area contributed by atoms with Crippen molar-refractivity contribution in [3.63, 3.8) is 0 Å². The van der Waals surface area contributed by atoms with Gasteiger partial charge in [0.1, 0.15) is 0 Å². The summed E-state index contributed by atoms with van der Waals surface area (Å²) in [6.07, 6.45) is 0. The third-order valence-electron chi connectivity index (χ3n) is 2.39. The zero-order chi connectivity index (χ0) is 14.5. The Bertz CT molecular complexity index is 480. The second kappa shape index (κ2) is 8.08. The van der Waals surface area contributed by atoms with E-state index in [1.54, 1.807) is 19.2 Å². The van der Waals surface area contributed by atoms with E-state index >= 15 is 0 Å². The predicted octanol–water partition coefficient (Wildman–Crippen LogP) is 1.87. The lowest BCUT2D eigenvalue weighted by Gasteiger charge is -2.23. The average Bonchev–Trinajstić information content (AvgIpc) is 2.33. The summed E-state index contributed by atoms with van der Waals surface area (Å²) in [5.41, 5.74) is 6.69. The highest BCUT2D eigenvalue weighted by atomic mass is 127. The maximum Gasteiger partial charge on any atom is 0.248 e. The Morgan fingerprint density at radius 3 is 2.50 bits per heavy atom. The molecule has 0 atom stereocenters. The highest BCUT2D eigenvalue weighted by Gasteiger charge is 2.11. The second-order valence-electron chi connectivity index (χ2n) is 5.37. The van der Waals surface area contributed by atoms with E-state index in [1.165, 1.54) is 0 Å². The topological polar surface area (TPSA) is 79.5 Å². The predicted molar refractivity (Wildman–Crippen MR) is 93.5 cm³/mol. The van der Waals surface area contributed by atoms with Crippen LogP contribution in [0.1, 0.15) is 36.7 Å². The van der Waals surface area contributed by atoms with Crippen molar-refractivity contribution < 1.29 is 4.79 Å². The van der Waals surface area contributed by atoms with Crippen LogP contribution in [-0.4, -0.2) is 24.5 Å². The van der Waals surface area contributed by atoms with Gasteiger partial charge in [-0.1, -0.05) is 12.1 Å². The molecule has 0 saturated carbocycles. The van der Waals surface area contributed by atoms with Crippen molar-refractivity contribution in [3.8, 4) is 0 Å². The fraction of sp³-hybridized carbons (Fsp3) is 0.429. The number of carbonyl (C=O) groups excluding carboxylic acids is 1. The number of aliphatic imine (C=N–C) groups is 1. The first kappa shape index (κ1) is 18.7. The molecule has 20 heavy (non-hydrogen) atoms. The van der Waals surface area contributed by atoms with Crippen LogP contribution in [0.4, 0.5) is 0 Å². The molecule has 0 fully saturated rings. The summed E-state index contributed by atoms with van der Waals surface area (Å²) in [6.45, 7) is 6.77. The lowest BCUT2D eigenvalue weighted by molar-refractivity contribution is 0.1000. The summed E-state index contributed by atoms with van der Waals surface area (Å²) in [4.78, 5) is 15.2. The molecule has 0 aliphatic heterocycles. The number of amides is 1.